The third-order valence-electron chi connectivity index (χ3n) is 3.63. The zero-order chi connectivity index (χ0) is 14.0. The quantitative estimate of drug-likeness (QED) is 0.731. The molecule has 1 fully saturated rings. The van der Waals surface area contributed by atoms with Crippen LogP contribution in [0.4, 0.5) is 4.39 Å². The first-order valence-electron chi connectivity index (χ1n) is 6.37. The van der Waals surface area contributed by atoms with E-state index in [4.69, 9.17) is 11.6 Å². The van der Waals surface area contributed by atoms with Gasteiger partial charge in [-0.05, 0) is 31.0 Å². The molecular weight excluding hydrogens is 333 g/mol. The normalized spacial score (nSPS) is 23.2. The molecule has 2 unspecified atom stereocenters. The van der Waals surface area contributed by atoms with Gasteiger partial charge in [0, 0.05) is 23.5 Å². The maximum atomic E-state index is 13.1. The van der Waals surface area contributed by atoms with Gasteiger partial charge in [-0.25, -0.2) is 4.39 Å². The molecule has 1 saturated carbocycles. The number of carbonyl (C=O) groups is 1. The van der Waals surface area contributed by atoms with E-state index in [-0.39, 0.29) is 17.0 Å². The van der Waals surface area contributed by atoms with Crippen LogP contribution in [0, 0.1) is 5.82 Å². The van der Waals surface area contributed by atoms with Crippen molar-refractivity contribution in [1.82, 2.24) is 4.90 Å². The SMILES string of the molecule is CN(C(=O)c1ccc(F)c(Cl)c1)C1CCCCC1Br. The molecule has 0 bridgehead atoms. The number of rotatable bonds is 2. The minimum atomic E-state index is -0.503. The Hall–Kier alpha value is -0.610. The first kappa shape index (κ1) is 14.8. The minimum Gasteiger partial charge on any atom is -0.338 e. The third kappa shape index (κ3) is 3.29. The maximum Gasteiger partial charge on any atom is 0.253 e. The molecule has 19 heavy (non-hydrogen) atoms. The van der Waals surface area contributed by atoms with Crippen molar-refractivity contribution in [1.29, 1.82) is 0 Å². The van der Waals surface area contributed by atoms with Crippen molar-refractivity contribution in [2.45, 2.75) is 36.6 Å². The number of alkyl halides is 1. The van der Waals surface area contributed by atoms with Gasteiger partial charge in [0.25, 0.3) is 5.91 Å². The van der Waals surface area contributed by atoms with Crippen LogP contribution in [0.15, 0.2) is 18.2 Å². The zero-order valence-corrected chi connectivity index (χ0v) is 13.0. The lowest BCUT2D eigenvalue weighted by atomic mass is 9.94. The molecule has 0 spiro atoms. The molecular formula is C14H16BrClFNO. The predicted octanol–water partition coefficient (Wildman–Crippen LogP) is 4.26. The molecule has 1 aliphatic rings. The highest BCUT2D eigenvalue weighted by molar-refractivity contribution is 9.09. The molecule has 2 nitrogen and oxygen atoms in total. The number of hydrogen-bond acceptors (Lipinski definition) is 1. The van der Waals surface area contributed by atoms with Crippen molar-refractivity contribution in [2.75, 3.05) is 7.05 Å². The topological polar surface area (TPSA) is 20.3 Å². The summed E-state index contributed by atoms with van der Waals surface area (Å²) in [6, 6.07) is 4.29. The van der Waals surface area contributed by atoms with Crippen LogP contribution in [0.3, 0.4) is 0 Å². The van der Waals surface area contributed by atoms with Gasteiger partial charge in [0.2, 0.25) is 0 Å². The number of nitrogens with zero attached hydrogens (tertiary/aromatic N) is 1. The van der Waals surface area contributed by atoms with Crippen LogP contribution in [0.5, 0.6) is 0 Å². The van der Waals surface area contributed by atoms with Gasteiger partial charge in [0.15, 0.2) is 0 Å². The van der Waals surface area contributed by atoms with Gasteiger partial charge in [-0.1, -0.05) is 40.4 Å². The lowest BCUT2D eigenvalue weighted by Crippen LogP contribution is -2.44. The fourth-order valence-corrected chi connectivity index (χ4v) is 3.61. The zero-order valence-electron chi connectivity index (χ0n) is 10.7. The average Bonchev–Trinajstić information content (AvgIpc) is 2.41. The average molecular weight is 349 g/mol. The van der Waals surface area contributed by atoms with E-state index in [2.05, 4.69) is 15.9 Å². The number of benzene rings is 1. The summed E-state index contributed by atoms with van der Waals surface area (Å²) in [6.45, 7) is 0. The second-order valence-corrected chi connectivity index (χ2v) is 6.50. The molecule has 5 heteroatoms. The molecule has 1 aliphatic carbocycles. The van der Waals surface area contributed by atoms with Gasteiger partial charge >= 0.3 is 0 Å². The van der Waals surface area contributed by atoms with Gasteiger partial charge in [-0.3, -0.25) is 4.79 Å². The molecule has 0 aliphatic heterocycles. The Morgan fingerprint density at radius 3 is 2.74 bits per heavy atom. The molecule has 0 aromatic heterocycles. The van der Waals surface area contributed by atoms with Crippen LogP contribution in [-0.4, -0.2) is 28.7 Å². The van der Waals surface area contributed by atoms with E-state index < -0.39 is 5.82 Å². The van der Waals surface area contributed by atoms with Crippen molar-refractivity contribution in [3.05, 3.63) is 34.6 Å². The Labute approximate surface area is 126 Å². The van der Waals surface area contributed by atoms with Crippen LogP contribution in [0.1, 0.15) is 36.0 Å². The highest BCUT2D eigenvalue weighted by Crippen LogP contribution is 2.29. The lowest BCUT2D eigenvalue weighted by molar-refractivity contribution is 0.0704. The Morgan fingerprint density at radius 1 is 1.42 bits per heavy atom. The summed E-state index contributed by atoms with van der Waals surface area (Å²) in [5.41, 5.74) is 0.430. The van der Waals surface area contributed by atoms with E-state index in [0.717, 1.165) is 19.3 Å². The van der Waals surface area contributed by atoms with E-state index in [9.17, 15) is 9.18 Å². The van der Waals surface area contributed by atoms with Crippen LogP contribution >= 0.6 is 27.5 Å². The van der Waals surface area contributed by atoms with Crippen LogP contribution in [-0.2, 0) is 0 Å². The molecule has 104 valence electrons. The first-order valence-corrected chi connectivity index (χ1v) is 7.66. The van der Waals surface area contributed by atoms with Gasteiger partial charge in [0.05, 0.1) is 5.02 Å². The van der Waals surface area contributed by atoms with Crippen molar-refractivity contribution in [2.24, 2.45) is 0 Å². The largest absolute Gasteiger partial charge is 0.338 e. The molecule has 0 radical (unpaired) electrons. The summed E-state index contributed by atoms with van der Waals surface area (Å²) in [5.74, 6) is -0.616. The minimum absolute atomic E-state index is 0.0155. The first-order chi connectivity index (χ1) is 9.00. The van der Waals surface area contributed by atoms with Crippen LogP contribution < -0.4 is 0 Å². The molecule has 2 rings (SSSR count). The van der Waals surface area contributed by atoms with Gasteiger partial charge < -0.3 is 4.90 Å². The summed E-state index contributed by atoms with van der Waals surface area (Å²) in [6.07, 6.45) is 4.39. The molecule has 2 atom stereocenters. The summed E-state index contributed by atoms with van der Waals surface area (Å²) in [4.78, 5) is 14.4. The summed E-state index contributed by atoms with van der Waals surface area (Å²) in [5, 5.41) is -0.0155. The van der Waals surface area contributed by atoms with Crippen LogP contribution in [0.25, 0.3) is 0 Å². The van der Waals surface area contributed by atoms with E-state index in [1.54, 1.807) is 11.9 Å². The Kier molecular flexibility index (Phi) is 4.85. The van der Waals surface area contributed by atoms with Crippen LogP contribution in [0.2, 0.25) is 5.02 Å². The number of carbonyl (C=O) groups excluding carboxylic acids is 1. The highest BCUT2D eigenvalue weighted by Gasteiger charge is 2.29. The molecule has 1 aromatic rings. The van der Waals surface area contributed by atoms with E-state index in [1.807, 2.05) is 0 Å². The number of amides is 1. The third-order valence-corrected chi connectivity index (χ3v) is 4.99. The van der Waals surface area contributed by atoms with Gasteiger partial charge in [-0.2, -0.15) is 0 Å². The van der Waals surface area contributed by atoms with Crippen molar-refractivity contribution in [3.63, 3.8) is 0 Å². The molecule has 0 N–H and O–H groups in total. The number of halogens is 3. The molecule has 0 saturated heterocycles. The highest BCUT2D eigenvalue weighted by atomic mass is 79.9. The summed E-state index contributed by atoms with van der Waals surface area (Å²) in [7, 11) is 1.80. The smallest absolute Gasteiger partial charge is 0.253 e. The molecule has 1 amide bonds. The fourth-order valence-electron chi connectivity index (χ4n) is 2.49. The predicted molar refractivity (Wildman–Crippen MR) is 78.5 cm³/mol. The van der Waals surface area contributed by atoms with Gasteiger partial charge in [-0.15, -0.1) is 0 Å². The van der Waals surface area contributed by atoms with E-state index >= 15 is 0 Å². The Balaban J connectivity index is 2.15. The van der Waals surface area contributed by atoms with Crippen molar-refractivity contribution >= 4 is 33.4 Å². The monoisotopic (exact) mass is 347 g/mol. The van der Waals surface area contributed by atoms with E-state index in [1.165, 1.54) is 24.6 Å². The standard InChI is InChI=1S/C14H16BrClFNO/c1-18(13-5-3-2-4-10(13)15)14(19)9-6-7-12(17)11(16)8-9/h6-8,10,13H,2-5H2,1H3. The Morgan fingerprint density at radius 2 is 2.11 bits per heavy atom. The molecule has 1 aromatic carbocycles. The fraction of sp³-hybridized carbons (Fsp3) is 0.500. The number of hydrogen-bond donors (Lipinski definition) is 0. The van der Waals surface area contributed by atoms with Crippen molar-refractivity contribution < 1.29 is 9.18 Å². The van der Waals surface area contributed by atoms with Gasteiger partial charge in [0.1, 0.15) is 5.82 Å². The summed E-state index contributed by atoms with van der Waals surface area (Å²) < 4.78 is 13.1. The second-order valence-electron chi connectivity index (χ2n) is 4.91. The van der Waals surface area contributed by atoms with E-state index in [0.29, 0.717) is 10.4 Å². The Bertz CT molecular complexity index is 483. The maximum absolute atomic E-state index is 13.1. The lowest BCUT2D eigenvalue weighted by Gasteiger charge is -2.35. The second kappa shape index (κ2) is 6.23. The van der Waals surface area contributed by atoms with Crippen molar-refractivity contribution in [3.8, 4) is 0 Å². The summed E-state index contributed by atoms with van der Waals surface area (Å²) >= 11 is 9.36. The molecule has 0 heterocycles.